The van der Waals surface area contributed by atoms with Crippen LogP contribution < -0.4 is 11.1 Å². The van der Waals surface area contributed by atoms with E-state index in [1.54, 1.807) is 0 Å². The van der Waals surface area contributed by atoms with Gasteiger partial charge in [0.2, 0.25) is 5.91 Å². The molecule has 0 fully saturated rings. The normalized spacial score (nSPS) is 11.4. The average molecular weight is 234 g/mol. The van der Waals surface area contributed by atoms with Crippen LogP contribution in [0.1, 0.15) is 31.4 Å². The second-order valence-electron chi connectivity index (χ2n) is 5.20. The molecular weight excluding hydrogens is 212 g/mol. The first kappa shape index (κ1) is 13.7. The summed E-state index contributed by atoms with van der Waals surface area (Å²) in [5, 5.41) is 2.98. The largest absolute Gasteiger partial charge is 0.330 e. The van der Waals surface area contributed by atoms with Crippen molar-refractivity contribution in [1.29, 1.82) is 0 Å². The van der Waals surface area contributed by atoms with Crippen molar-refractivity contribution in [2.45, 2.75) is 34.1 Å². The second-order valence-corrected chi connectivity index (χ2v) is 5.20. The molecule has 0 unspecified atom stereocenters. The van der Waals surface area contributed by atoms with E-state index in [1.165, 1.54) is 0 Å². The Morgan fingerprint density at radius 3 is 2.59 bits per heavy atom. The Hall–Kier alpha value is -1.35. The molecule has 0 aliphatic carbocycles. The highest BCUT2D eigenvalue weighted by Gasteiger charge is 2.26. The zero-order valence-corrected chi connectivity index (χ0v) is 11.1. The zero-order valence-electron chi connectivity index (χ0n) is 11.1. The van der Waals surface area contributed by atoms with Gasteiger partial charge in [-0.1, -0.05) is 26.0 Å². The van der Waals surface area contributed by atoms with Crippen LogP contribution in [-0.2, 0) is 4.79 Å². The fourth-order valence-electron chi connectivity index (χ4n) is 1.64. The van der Waals surface area contributed by atoms with Crippen molar-refractivity contribution in [1.82, 2.24) is 0 Å². The van der Waals surface area contributed by atoms with Gasteiger partial charge in [-0.2, -0.15) is 0 Å². The molecule has 1 rings (SSSR count). The minimum atomic E-state index is -0.426. The summed E-state index contributed by atoms with van der Waals surface area (Å²) in [6, 6.07) is 6.04. The lowest BCUT2D eigenvalue weighted by atomic mass is 9.88. The average Bonchev–Trinajstić information content (AvgIpc) is 2.23. The van der Waals surface area contributed by atoms with Crippen molar-refractivity contribution in [3.05, 3.63) is 29.3 Å². The maximum atomic E-state index is 12.1. The molecule has 3 heteroatoms. The summed E-state index contributed by atoms with van der Waals surface area (Å²) in [6.07, 6.45) is 0.684. The van der Waals surface area contributed by atoms with Crippen LogP contribution in [0.15, 0.2) is 18.2 Å². The predicted octanol–water partition coefficient (Wildman–Crippen LogP) is 2.62. The first-order valence-corrected chi connectivity index (χ1v) is 5.95. The number of anilines is 1. The highest BCUT2D eigenvalue weighted by molar-refractivity contribution is 5.95. The van der Waals surface area contributed by atoms with Crippen LogP contribution in [0, 0.1) is 19.3 Å². The highest BCUT2D eigenvalue weighted by atomic mass is 16.2. The number of carbonyl (C=O) groups is 1. The van der Waals surface area contributed by atoms with Crippen molar-refractivity contribution in [2.24, 2.45) is 11.1 Å². The Bertz CT molecular complexity index is 411. The van der Waals surface area contributed by atoms with Gasteiger partial charge in [-0.25, -0.2) is 0 Å². The van der Waals surface area contributed by atoms with Crippen molar-refractivity contribution in [3.63, 3.8) is 0 Å². The molecule has 0 aromatic heterocycles. The van der Waals surface area contributed by atoms with Crippen LogP contribution in [0.4, 0.5) is 5.69 Å². The van der Waals surface area contributed by atoms with Crippen LogP contribution in [0.5, 0.6) is 0 Å². The maximum absolute atomic E-state index is 12.1. The third kappa shape index (κ3) is 3.56. The Labute approximate surface area is 103 Å². The summed E-state index contributed by atoms with van der Waals surface area (Å²) >= 11 is 0. The van der Waals surface area contributed by atoms with Crippen molar-refractivity contribution < 1.29 is 4.79 Å². The lowest BCUT2D eigenvalue weighted by Gasteiger charge is -2.23. The minimum absolute atomic E-state index is 0.0247. The van der Waals surface area contributed by atoms with E-state index < -0.39 is 5.41 Å². The van der Waals surface area contributed by atoms with Crippen LogP contribution in [0.2, 0.25) is 0 Å². The van der Waals surface area contributed by atoms with E-state index in [0.29, 0.717) is 13.0 Å². The standard InChI is InChI=1S/C14H22N2O/c1-10-5-6-11(2)12(9-10)16-13(17)14(3,4)7-8-15/h5-6,9H,7-8,15H2,1-4H3,(H,16,17). The monoisotopic (exact) mass is 234 g/mol. The van der Waals surface area contributed by atoms with E-state index in [4.69, 9.17) is 5.73 Å². The number of benzene rings is 1. The number of nitrogens with one attached hydrogen (secondary N) is 1. The fraction of sp³-hybridized carbons (Fsp3) is 0.500. The van der Waals surface area contributed by atoms with E-state index in [2.05, 4.69) is 5.32 Å². The molecule has 0 spiro atoms. The van der Waals surface area contributed by atoms with Crippen molar-refractivity contribution in [2.75, 3.05) is 11.9 Å². The predicted molar refractivity (Wildman–Crippen MR) is 72.0 cm³/mol. The van der Waals surface area contributed by atoms with Gasteiger partial charge < -0.3 is 11.1 Å². The maximum Gasteiger partial charge on any atom is 0.230 e. The number of hydrogen-bond acceptors (Lipinski definition) is 2. The molecule has 1 amide bonds. The van der Waals surface area contributed by atoms with Gasteiger partial charge in [-0.15, -0.1) is 0 Å². The van der Waals surface area contributed by atoms with Crippen LogP contribution in [-0.4, -0.2) is 12.5 Å². The topological polar surface area (TPSA) is 55.1 Å². The molecule has 94 valence electrons. The lowest BCUT2D eigenvalue weighted by Crippen LogP contribution is -2.33. The van der Waals surface area contributed by atoms with Gasteiger partial charge in [0.05, 0.1) is 0 Å². The molecule has 1 aromatic rings. The smallest absolute Gasteiger partial charge is 0.230 e. The molecular formula is C14H22N2O. The third-order valence-electron chi connectivity index (χ3n) is 3.03. The number of amides is 1. The summed E-state index contributed by atoms with van der Waals surface area (Å²) in [6.45, 7) is 8.36. The van der Waals surface area contributed by atoms with Gasteiger partial charge in [0, 0.05) is 11.1 Å². The van der Waals surface area contributed by atoms with E-state index >= 15 is 0 Å². The molecule has 0 bridgehead atoms. The van der Waals surface area contributed by atoms with Crippen LogP contribution in [0.3, 0.4) is 0 Å². The molecule has 3 N–H and O–H groups in total. The van der Waals surface area contributed by atoms with Gasteiger partial charge in [-0.3, -0.25) is 4.79 Å². The molecule has 0 heterocycles. The Balaban J connectivity index is 2.84. The molecule has 0 saturated heterocycles. The van der Waals surface area contributed by atoms with Crippen LogP contribution in [0.25, 0.3) is 0 Å². The highest BCUT2D eigenvalue weighted by Crippen LogP contribution is 2.24. The number of carbonyl (C=O) groups excluding carboxylic acids is 1. The lowest BCUT2D eigenvalue weighted by molar-refractivity contribution is -0.124. The molecule has 0 radical (unpaired) electrons. The zero-order chi connectivity index (χ0) is 13.1. The van der Waals surface area contributed by atoms with Gasteiger partial charge >= 0.3 is 0 Å². The van der Waals surface area contributed by atoms with Crippen molar-refractivity contribution >= 4 is 11.6 Å². The SMILES string of the molecule is Cc1ccc(C)c(NC(=O)C(C)(C)CCN)c1. The molecule has 0 aliphatic rings. The van der Waals surface area contributed by atoms with E-state index in [9.17, 15) is 4.79 Å². The van der Waals surface area contributed by atoms with Gasteiger partial charge in [0.25, 0.3) is 0 Å². The molecule has 0 aliphatic heterocycles. The second kappa shape index (κ2) is 5.32. The summed E-state index contributed by atoms with van der Waals surface area (Å²) in [5.41, 5.74) is 8.20. The minimum Gasteiger partial charge on any atom is -0.330 e. The number of nitrogens with two attached hydrogens (primary N) is 1. The summed E-state index contributed by atoms with van der Waals surface area (Å²) in [5.74, 6) is 0.0247. The first-order valence-electron chi connectivity index (χ1n) is 5.95. The summed E-state index contributed by atoms with van der Waals surface area (Å²) in [4.78, 5) is 12.1. The van der Waals surface area contributed by atoms with Gasteiger partial charge in [-0.05, 0) is 44.0 Å². The Kier molecular flexibility index (Phi) is 4.29. The Morgan fingerprint density at radius 2 is 2.00 bits per heavy atom. The van der Waals surface area contributed by atoms with E-state index in [1.807, 2.05) is 45.9 Å². The quantitative estimate of drug-likeness (QED) is 0.841. The van der Waals surface area contributed by atoms with Gasteiger partial charge in [0.1, 0.15) is 0 Å². The summed E-state index contributed by atoms with van der Waals surface area (Å²) < 4.78 is 0. The number of rotatable bonds is 4. The molecule has 0 saturated carbocycles. The molecule has 3 nitrogen and oxygen atoms in total. The van der Waals surface area contributed by atoms with Crippen LogP contribution >= 0.6 is 0 Å². The van der Waals surface area contributed by atoms with Gasteiger partial charge in [0.15, 0.2) is 0 Å². The fourth-order valence-corrected chi connectivity index (χ4v) is 1.64. The molecule has 1 aromatic carbocycles. The Morgan fingerprint density at radius 1 is 1.35 bits per heavy atom. The first-order chi connectivity index (χ1) is 7.86. The van der Waals surface area contributed by atoms with E-state index in [0.717, 1.165) is 16.8 Å². The van der Waals surface area contributed by atoms with E-state index in [-0.39, 0.29) is 5.91 Å². The summed E-state index contributed by atoms with van der Waals surface area (Å²) in [7, 11) is 0. The molecule has 0 atom stereocenters. The van der Waals surface area contributed by atoms with Crippen molar-refractivity contribution in [3.8, 4) is 0 Å². The third-order valence-corrected chi connectivity index (χ3v) is 3.03. The molecule has 17 heavy (non-hydrogen) atoms. The number of aryl methyl sites for hydroxylation is 2. The number of hydrogen-bond donors (Lipinski definition) is 2.